The Kier molecular flexibility index (Phi) is 6.05. The molecule has 6 heteroatoms. The molecule has 0 aliphatic carbocycles. The number of aromatic nitrogens is 2. The zero-order chi connectivity index (χ0) is 14.3. The van der Waals surface area contributed by atoms with E-state index in [9.17, 15) is 9.59 Å². The van der Waals surface area contributed by atoms with Crippen LogP contribution in [0.2, 0.25) is 0 Å². The van der Waals surface area contributed by atoms with Gasteiger partial charge in [0.25, 0.3) is 0 Å². The number of imidazole rings is 1. The normalized spacial score (nSPS) is 13.8. The van der Waals surface area contributed by atoms with Crippen LogP contribution in [0.4, 0.5) is 0 Å². The molecular formula is C13H21N3O3. The van der Waals surface area contributed by atoms with E-state index in [0.29, 0.717) is 12.8 Å². The molecule has 0 fully saturated rings. The standard InChI is InChI=1S/C13H21N3O3/c1-3-4-5-11(13(18)19)16-12(17)9(2)6-10-7-14-8-15-10/h7-9,11H,3-6H2,1-2H3,(H,14,15)(H,16,17)(H,18,19)/t9-,11+/m1/s1. The van der Waals surface area contributed by atoms with E-state index < -0.39 is 12.0 Å². The third kappa shape index (κ3) is 5.11. The van der Waals surface area contributed by atoms with E-state index in [0.717, 1.165) is 18.5 Å². The molecule has 0 saturated carbocycles. The number of amides is 1. The van der Waals surface area contributed by atoms with E-state index >= 15 is 0 Å². The summed E-state index contributed by atoms with van der Waals surface area (Å²) in [6.07, 6.45) is 5.90. The minimum atomic E-state index is -0.976. The molecule has 1 aromatic heterocycles. The molecule has 0 aliphatic rings. The molecule has 1 aromatic rings. The lowest BCUT2D eigenvalue weighted by atomic mass is 10.0. The van der Waals surface area contributed by atoms with Crippen molar-refractivity contribution in [1.82, 2.24) is 15.3 Å². The van der Waals surface area contributed by atoms with Crippen molar-refractivity contribution in [2.24, 2.45) is 5.92 Å². The van der Waals surface area contributed by atoms with Crippen molar-refractivity contribution in [2.45, 2.75) is 45.6 Å². The van der Waals surface area contributed by atoms with Gasteiger partial charge in [-0.15, -0.1) is 0 Å². The number of aliphatic carboxylic acids is 1. The number of rotatable bonds is 8. The molecule has 19 heavy (non-hydrogen) atoms. The van der Waals surface area contributed by atoms with Crippen molar-refractivity contribution >= 4 is 11.9 Å². The summed E-state index contributed by atoms with van der Waals surface area (Å²) in [4.78, 5) is 29.8. The van der Waals surface area contributed by atoms with Gasteiger partial charge in [-0.05, 0) is 6.42 Å². The van der Waals surface area contributed by atoms with E-state index in [-0.39, 0.29) is 11.8 Å². The maximum absolute atomic E-state index is 11.9. The van der Waals surface area contributed by atoms with Crippen LogP contribution >= 0.6 is 0 Å². The maximum Gasteiger partial charge on any atom is 0.326 e. The van der Waals surface area contributed by atoms with Gasteiger partial charge in [-0.25, -0.2) is 9.78 Å². The first-order valence-corrected chi connectivity index (χ1v) is 6.55. The van der Waals surface area contributed by atoms with Crippen LogP contribution in [0.3, 0.4) is 0 Å². The SMILES string of the molecule is CCCC[C@H](NC(=O)[C@H](C)Cc1cnc[nH]1)C(=O)O. The minimum absolute atomic E-state index is 0.238. The van der Waals surface area contributed by atoms with Gasteiger partial charge in [0.1, 0.15) is 6.04 Å². The van der Waals surface area contributed by atoms with Gasteiger partial charge in [-0.1, -0.05) is 26.7 Å². The zero-order valence-electron chi connectivity index (χ0n) is 11.3. The number of hydrogen-bond donors (Lipinski definition) is 3. The Morgan fingerprint density at radius 2 is 2.26 bits per heavy atom. The number of carboxylic acids is 1. The van der Waals surface area contributed by atoms with Crippen molar-refractivity contribution in [3.63, 3.8) is 0 Å². The molecule has 1 rings (SSSR count). The monoisotopic (exact) mass is 267 g/mol. The molecule has 1 amide bonds. The first-order valence-electron chi connectivity index (χ1n) is 6.55. The Bertz CT molecular complexity index is 403. The van der Waals surface area contributed by atoms with Gasteiger partial charge in [-0.2, -0.15) is 0 Å². The lowest BCUT2D eigenvalue weighted by molar-refractivity contribution is -0.142. The molecule has 0 spiro atoms. The van der Waals surface area contributed by atoms with Gasteiger partial charge in [-0.3, -0.25) is 4.79 Å². The van der Waals surface area contributed by atoms with Gasteiger partial charge < -0.3 is 15.4 Å². The number of carbonyl (C=O) groups is 2. The summed E-state index contributed by atoms with van der Waals surface area (Å²) in [5, 5.41) is 11.6. The largest absolute Gasteiger partial charge is 0.480 e. The fourth-order valence-electron chi connectivity index (χ4n) is 1.80. The van der Waals surface area contributed by atoms with Crippen LogP contribution in [-0.4, -0.2) is 33.0 Å². The van der Waals surface area contributed by atoms with Crippen LogP contribution in [0, 0.1) is 5.92 Å². The maximum atomic E-state index is 11.9. The van der Waals surface area contributed by atoms with Crippen LogP contribution in [0.1, 0.15) is 38.8 Å². The van der Waals surface area contributed by atoms with Crippen LogP contribution in [-0.2, 0) is 16.0 Å². The number of nitrogens with zero attached hydrogens (tertiary/aromatic N) is 1. The summed E-state index contributed by atoms with van der Waals surface area (Å²) < 4.78 is 0. The quantitative estimate of drug-likeness (QED) is 0.662. The summed E-state index contributed by atoms with van der Waals surface area (Å²) in [6.45, 7) is 3.76. The van der Waals surface area contributed by atoms with Crippen molar-refractivity contribution in [2.75, 3.05) is 0 Å². The van der Waals surface area contributed by atoms with Gasteiger partial charge >= 0.3 is 5.97 Å². The molecule has 2 atom stereocenters. The average molecular weight is 267 g/mol. The molecule has 0 saturated heterocycles. The third-order valence-corrected chi connectivity index (χ3v) is 2.99. The molecule has 0 aliphatic heterocycles. The van der Waals surface area contributed by atoms with Crippen LogP contribution < -0.4 is 5.32 Å². The van der Waals surface area contributed by atoms with Crippen molar-refractivity contribution in [3.8, 4) is 0 Å². The van der Waals surface area contributed by atoms with E-state index in [1.807, 2.05) is 6.92 Å². The smallest absolute Gasteiger partial charge is 0.326 e. The van der Waals surface area contributed by atoms with E-state index in [2.05, 4.69) is 15.3 Å². The molecule has 0 bridgehead atoms. The molecule has 0 unspecified atom stereocenters. The minimum Gasteiger partial charge on any atom is -0.480 e. The predicted octanol–water partition coefficient (Wildman–Crippen LogP) is 1.35. The molecule has 0 radical (unpaired) electrons. The molecule has 6 nitrogen and oxygen atoms in total. The van der Waals surface area contributed by atoms with Crippen LogP contribution in [0.25, 0.3) is 0 Å². The van der Waals surface area contributed by atoms with Gasteiger partial charge in [0.15, 0.2) is 0 Å². The Morgan fingerprint density at radius 3 is 2.79 bits per heavy atom. The Hall–Kier alpha value is -1.85. The second kappa shape index (κ2) is 7.56. The summed E-state index contributed by atoms with van der Waals surface area (Å²) in [5.74, 6) is -1.50. The fraction of sp³-hybridized carbons (Fsp3) is 0.615. The van der Waals surface area contributed by atoms with Crippen molar-refractivity contribution in [3.05, 3.63) is 18.2 Å². The summed E-state index contributed by atoms with van der Waals surface area (Å²) in [6, 6.07) is -0.795. The molecular weight excluding hydrogens is 246 g/mol. The van der Waals surface area contributed by atoms with E-state index in [1.165, 1.54) is 0 Å². The number of unbranched alkanes of at least 4 members (excludes halogenated alkanes) is 1. The molecule has 3 N–H and O–H groups in total. The number of carboxylic acid groups (broad SMARTS) is 1. The highest BCUT2D eigenvalue weighted by Gasteiger charge is 2.22. The predicted molar refractivity (Wildman–Crippen MR) is 70.5 cm³/mol. The summed E-state index contributed by atoms with van der Waals surface area (Å²) in [5.41, 5.74) is 0.864. The average Bonchev–Trinajstić information content (AvgIpc) is 2.86. The lowest BCUT2D eigenvalue weighted by Crippen LogP contribution is -2.43. The number of H-pyrrole nitrogens is 1. The third-order valence-electron chi connectivity index (χ3n) is 2.99. The highest BCUT2D eigenvalue weighted by atomic mass is 16.4. The van der Waals surface area contributed by atoms with E-state index in [1.54, 1.807) is 19.4 Å². The number of hydrogen-bond acceptors (Lipinski definition) is 3. The fourth-order valence-corrected chi connectivity index (χ4v) is 1.80. The Morgan fingerprint density at radius 1 is 1.53 bits per heavy atom. The summed E-state index contributed by atoms with van der Waals surface area (Å²) >= 11 is 0. The number of nitrogens with one attached hydrogen (secondary N) is 2. The number of aromatic amines is 1. The lowest BCUT2D eigenvalue weighted by Gasteiger charge is -2.17. The van der Waals surface area contributed by atoms with Gasteiger partial charge in [0.05, 0.1) is 6.33 Å². The van der Waals surface area contributed by atoms with Gasteiger partial charge in [0.2, 0.25) is 5.91 Å². The highest BCUT2D eigenvalue weighted by Crippen LogP contribution is 2.07. The molecule has 106 valence electrons. The topological polar surface area (TPSA) is 95.1 Å². The first-order chi connectivity index (χ1) is 9.04. The number of carbonyl (C=O) groups excluding carboxylic acids is 1. The second-order valence-corrected chi connectivity index (χ2v) is 4.72. The summed E-state index contributed by atoms with van der Waals surface area (Å²) in [7, 11) is 0. The highest BCUT2D eigenvalue weighted by molar-refractivity contribution is 5.84. The molecule has 1 heterocycles. The van der Waals surface area contributed by atoms with E-state index in [4.69, 9.17) is 5.11 Å². The van der Waals surface area contributed by atoms with Crippen LogP contribution in [0.5, 0.6) is 0 Å². The first kappa shape index (κ1) is 15.2. The Labute approximate surface area is 112 Å². The van der Waals surface area contributed by atoms with Crippen LogP contribution in [0.15, 0.2) is 12.5 Å². The molecule has 0 aromatic carbocycles. The Balaban J connectivity index is 2.48. The second-order valence-electron chi connectivity index (χ2n) is 4.72. The zero-order valence-corrected chi connectivity index (χ0v) is 11.3. The van der Waals surface area contributed by atoms with Crippen molar-refractivity contribution in [1.29, 1.82) is 0 Å². The van der Waals surface area contributed by atoms with Gasteiger partial charge in [0, 0.05) is 24.2 Å². The van der Waals surface area contributed by atoms with Crippen molar-refractivity contribution < 1.29 is 14.7 Å².